The highest BCUT2D eigenvalue weighted by Crippen LogP contribution is 2.27. The van der Waals surface area contributed by atoms with Gasteiger partial charge < -0.3 is 9.64 Å². The molecule has 4 rings (SSSR count). The Morgan fingerprint density at radius 1 is 1.00 bits per heavy atom. The third kappa shape index (κ3) is 4.04. The molecule has 1 aliphatic heterocycles. The van der Waals surface area contributed by atoms with Crippen LogP contribution >= 0.6 is 11.6 Å². The fraction of sp³-hybridized carbons (Fsp3) is 0.273. The lowest BCUT2D eigenvalue weighted by molar-refractivity contribution is 0.223. The summed E-state index contributed by atoms with van der Waals surface area (Å²) in [5.41, 5.74) is 1.12. The molecular formula is C22H22ClN3O2. The Morgan fingerprint density at radius 2 is 1.64 bits per heavy atom. The Labute approximate surface area is 169 Å². The SMILES string of the molecule is O=c1c(Cl)c(N2CCC(COc3ccccc3)CC2)cnn1-c1ccccc1. The molecule has 1 fully saturated rings. The summed E-state index contributed by atoms with van der Waals surface area (Å²) in [6.07, 6.45) is 3.67. The molecule has 6 heteroatoms. The number of halogens is 1. The van der Waals surface area contributed by atoms with E-state index in [-0.39, 0.29) is 10.6 Å². The lowest BCUT2D eigenvalue weighted by Crippen LogP contribution is -2.37. The number of hydrogen-bond donors (Lipinski definition) is 0. The highest BCUT2D eigenvalue weighted by molar-refractivity contribution is 6.33. The Kier molecular flexibility index (Phi) is 5.63. The van der Waals surface area contributed by atoms with Gasteiger partial charge in [0, 0.05) is 13.1 Å². The third-order valence-corrected chi connectivity index (χ3v) is 5.44. The second kappa shape index (κ2) is 8.48. The van der Waals surface area contributed by atoms with Crippen LogP contribution in [0.2, 0.25) is 5.02 Å². The molecule has 144 valence electrons. The maximum atomic E-state index is 12.7. The maximum absolute atomic E-state index is 12.7. The van der Waals surface area contributed by atoms with Gasteiger partial charge in [-0.15, -0.1) is 0 Å². The summed E-state index contributed by atoms with van der Waals surface area (Å²) >= 11 is 6.42. The van der Waals surface area contributed by atoms with Gasteiger partial charge in [-0.2, -0.15) is 9.78 Å². The fourth-order valence-electron chi connectivity index (χ4n) is 3.47. The number of para-hydroxylation sites is 2. The van der Waals surface area contributed by atoms with E-state index < -0.39 is 0 Å². The molecule has 0 amide bonds. The van der Waals surface area contributed by atoms with Crippen LogP contribution in [0.5, 0.6) is 5.75 Å². The molecule has 3 aromatic rings. The zero-order valence-electron chi connectivity index (χ0n) is 15.5. The number of rotatable bonds is 5. The van der Waals surface area contributed by atoms with Crippen LogP contribution in [0, 0.1) is 5.92 Å². The topological polar surface area (TPSA) is 47.4 Å². The van der Waals surface area contributed by atoms with Crippen molar-refractivity contribution in [3.05, 3.63) is 82.2 Å². The maximum Gasteiger partial charge on any atom is 0.292 e. The minimum absolute atomic E-state index is 0.220. The summed E-state index contributed by atoms with van der Waals surface area (Å²) < 4.78 is 7.22. The molecule has 1 saturated heterocycles. The number of nitrogens with zero attached hydrogens (tertiary/aromatic N) is 3. The van der Waals surface area contributed by atoms with E-state index in [2.05, 4.69) is 10.00 Å². The lowest BCUT2D eigenvalue weighted by atomic mass is 9.97. The van der Waals surface area contributed by atoms with E-state index in [4.69, 9.17) is 16.3 Å². The first-order chi connectivity index (χ1) is 13.7. The summed E-state index contributed by atoms with van der Waals surface area (Å²) in [7, 11) is 0. The Hall–Kier alpha value is -2.79. The molecule has 1 aromatic heterocycles. The average Bonchev–Trinajstić information content (AvgIpc) is 2.76. The van der Waals surface area contributed by atoms with Crippen molar-refractivity contribution in [3.63, 3.8) is 0 Å². The van der Waals surface area contributed by atoms with Crippen LogP contribution in [-0.4, -0.2) is 29.5 Å². The molecule has 0 saturated carbocycles. The van der Waals surface area contributed by atoms with Crippen molar-refractivity contribution in [2.24, 2.45) is 5.92 Å². The fourth-order valence-corrected chi connectivity index (χ4v) is 3.72. The second-order valence-corrected chi connectivity index (χ2v) is 7.33. The molecule has 0 N–H and O–H groups in total. The first kappa shape index (κ1) is 18.6. The van der Waals surface area contributed by atoms with Crippen LogP contribution in [0.4, 0.5) is 5.69 Å². The summed E-state index contributed by atoms with van der Waals surface area (Å²) in [5.74, 6) is 1.40. The van der Waals surface area contributed by atoms with Crippen molar-refractivity contribution in [2.45, 2.75) is 12.8 Å². The standard InChI is InChI=1S/C22H22ClN3O2/c23-21-20(15-24-26(22(21)27)18-7-3-1-4-8-18)25-13-11-17(12-14-25)16-28-19-9-5-2-6-10-19/h1-10,15,17H,11-14,16H2. The molecule has 0 spiro atoms. The summed E-state index contributed by atoms with van der Waals surface area (Å²) in [5, 5.41) is 4.55. The molecule has 2 heterocycles. The quantitative estimate of drug-likeness (QED) is 0.650. The molecule has 2 aromatic carbocycles. The minimum Gasteiger partial charge on any atom is -0.493 e. The van der Waals surface area contributed by atoms with E-state index in [0.717, 1.165) is 31.7 Å². The summed E-state index contributed by atoms with van der Waals surface area (Å²) in [6, 6.07) is 19.2. The number of aromatic nitrogens is 2. The van der Waals surface area contributed by atoms with Crippen LogP contribution in [0.25, 0.3) is 5.69 Å². The van der Waals surface area contributed by atoms with Crippen molar-refractivity contribution in [2.75, 3.05) is 24.6 Å². The van der Waals surface area contributed by atoms with E-state index >= 15 is 0 Å². The Bertz CT molecular complexity index is 968. The van der Waals surface area contributed by atoms with Gasteiger partial charge in [0.25, 0.3) is 5.56 Å². The third-order valence-electron chi connectivity index (χ3n) is 5.09. The monoisotopic (exact) mass is 395 g/mol. The molecule has 0 bridgehead atoms. The second-order valence-electron chi connectivity index (χ2n) is 6.95. The normalized spacial score (nSPS) is 14.8. The number of piperidine rings is 1. The number of anilines is 1. The van der Waals surface area contributed by atoms with Crippen LogP contribution < -0.4 is 15.2 Å². The number of ether oxygens (including phenoxy) is 1. The largest absolute Gasteiger partial charge is 0.493 e. The minimum atomic E-state index is -0.292. The zero-order chi connectivity index (χ0) is 19.3. The molecule has 1 aliphatic rings. The molecule has 0 aliphatic carbocycles. The van der Waals surface area contributed by atoms with Gasteiger partial charge in [0.1, 0.15) is 10.8 Å². The van der Waals surface area contributed by atoms with E-state index in [1.165, 1.54) is 4.68 Å². The first-order valence-electron chi connectivity index (χ1n) is 9.48. The van der Waals surface area contributed by atoms with Crippen LogP contribution in [-0.2, 0) is 0 Å². The van der Waals surface area contributed by atoms with E-state index in [1.54, 1.807) is 6.20 Å². The average molecular weight is 396 g/mol. The molecule has 28 heavy (non-hydrogen) atoms. The first-order valence-corrected chi connectivity index (χ1v) is 9.86. The molecule has 0 atom stereocenters. The van der Waals surface area contributed by atoms with E-state index in [9.17, 15) is 4.79 Å². The van der Waals surface area contributed by atoms with Gasteiger partial charge in [0.05, 0.1) is 24.2 Å². The van der Waals surface area contributed by atoms with Crippen molar-refractivity contribution in [1.82, 2.24) is 9.78 Å². The van der Waals surface area contributed by atoms with Gasteiger partial charge >= 0.3 is 0 Å². The lowest BCUT2D eigenvalue weighted by Gasteiger charge is -2.33. The van der Waals surface area contributed by atoms with Crippen molar-refractivity contribution in [3.8, 4) is 11.4 Å². The number of benzene rings is 2. The van der Waals surface area contributed by atoms with Gasteiger partial charge in [-0.05, 0) is 43.0 Å². The predicted molar refractivity (Wildman–Crippen MR) is 112 cm³/mol. The highest BCUT2D eigenvalue weighted by atomic mass is 35.5. The van der Waals surface area contributed by atoms with Gasteiger partial charge in [-0.25, -0.2) is 0 Å². The van der Waals surface area contributed by atoms with E-state index in [1.807, 2.05) is 60.7 Å². The van der Waals surface area contributed by atoms with Crippen LogP contribution in [0.1, 0.15) is 12.8 Å². The van der Waals surface area contributed by atoms with Crippen LogP contribution in [0.15, 0.2) is 71.7 Å². The Morgan fingerprint density at radius 3 is 2.32 bits per heavy atom. The number of hydrogen-bond acceptors (Lipinski definition) is 4. The summed E-state index contributed by atoms with van der Waals surface area (Å²) in [6.45, 7) is 2.37. The van der Waals surface area contributed by atoms with Crippen molar-refractivity contribution < 1.29 is 4.74 Å². The van der Waals surface area contributed by atoms with Crippen LogP contribution in [0.3, 0.4) is 0 Å². The van der Waals surface area contributed by atoms with Crippen molar-refractivity contribution in [1.29, 1.82) is 0 Å². The zero-order valence-corrected chi connectivity index (χ0v) is 16.3. The Balaban J connectivity index is 1.41. The molecule has 5 nitrogen and oxygen atoms in total. The van der Waals surface area contributed by atoms with Gasteiger partial charge in [0.2, 0.25) is 0 Å². The van der Waals surface area contributed by atoms with Gasteiger partial charge in [-0.1, -0.05) is 48.0 Å². The highest BCUT2D eigenvalue weighted by Gasteiger charge is 2.23. The predicted octanol–water partition coefficient (Wildman–Crippen LogP) is 4.18. The molecule has 0 radical (unpaired) electrons. The molecule has 0 unspecified atom stereocenters. The van der Waals surface area contributed by atoms with E-state index in [0.29, 0.717) is 23.9 Å². The van der Waals surface area contributed by atoms with Crippen molar-refractivity contribution >= 4 is 17.3 Å². The smallest absolute Gasteiger partial charge is 0.292 e. The van der Waals surface area contributed by atoms with Gasteiger partial charge in [0.15, 0.2) is 0 Å². The van der Waals surface area contributed by atoms with Gasteiger partial charge in [-0.3, -0.25) is 4.79 Å². The summed E-state index contributed by atoms with van der Waals surface area (Å²) in [4.78, 5) is 14.8. The molecular weight excluding hydrogens is 374 g/mol.